The average Bonchev–Trinajstić information content (AvgIpc) is 2.20. The maximum atomic E-state index is 13.8. The van der Waals surface area contributed by atoms with E-state index in [1.807, 2.05) is 6.92 Å². The highest BCUT2D eigenvalue weighted by molar-refractivity contribution is 6.31. The van der Waals surface area contributed by atoms with Gasteiger partial charge in [-0.3, -0.25) is 4.79 Å². The van der Waals surface area contributed by atoms with Gasteiger partial charge < -0.3 is 5.11 Å². The number of halogens is 2. The van der Waals surface area contributed by atoms with E-state index in [1.54, 1.807) is 0 Å². The summed E-state index contributed by atoms with van der Waals surface area (Å²) in [7, 11) is 0. The number of carboxylic acid groups (broad SMARTS) is 1. The Kier molecular flexibility index (Phi) is 2.66. The van der Waals surface area contributed by atoms with E-state index in [4.69, 9.17) is 11.6 Å². The Morgan fingerprint density at radius 1 is 1.62 bits per heavy atom. The third-order valence-corrected chi connectivity index (χ3v) is 3.92. The Morgan fingerprint density at radius 2 is 2.31 bits per heavy atom. The molecule has 1 aromatic rings. The van der Waals surface area contributed by atoms with Gasteiger partial charge in [-0.15, -0.1) is 0 Å². The summed E-state index contributed by atoms with van der Waals surface area (Å²) in [6, 6.07) is 4.28. The molecule has 1 aliphatic carbocycles. The van der Waals surface area contributed by atoms with Gasteiger partial charge >= 0.3 is 5.97 Å². The lowest BCUT2D eigenvalue weighted by atomic mass is 9.57. The van der Waals surface area contributed by atoms with E-state index in [9.17, 15) is 14.3 Å². The van der Waals surface area contributed by atoms with E-state index in [1.165, 1.54) is 18.2 Å². The largest absolute Gasteiger partial charge is 0.481 e. The topological polar surface area (TPSA) is 37.3 Å². The SMILES string of the molecule is CC1CCC1(C(=O)O)c1c(F)cccc1Cl. The van der Waals surface area contributed by atoms with E-state index >= 15 is 0 Å². The van der Waals surface area contributed by atoms with Crippen LogP contribution < -0.4 is 0 Å². The van der Waals surface area contributed by atoms with Crippen LogP contribution in [0.3, 0.4) is 0 Å². The van der Waals surface area contributed by atoms with Crippen LogP contribution >= 0.6 is 11.6 Å². The maximum Gasteiger partial charge on any atom is 0.314 e. The first-order valence-corrected chi connectivity index (χ1v) is 5.56. The first-order chi connectivity index (χ1) is 7.50. The van der Waals surface area contributed by atoms with Crippen molar-refractivity contribution in [3.63, 3.8) is 0 Å². The maximum absolute atomic E-state index is 13.8. The van der Waals surface area contributed by atoms with Crippen LogP contribution in [0, 0.1) is 11.7 Å². The van der Waals surface area contributed by atoms with Crippen LogP contribution in [0.5, 0.6) is 0 Å². The van der Waals surface area contributed by atoms with E-state index in [0.717, 1.165) is 6.42 Å². The van der Waals surface area contributed by atoms with Crippen molar-refractivity contribution in [1.29, 1.82) is 0 Å². The molecule has 2 unspecified atom stereocenters. The van der Waals surface area contributed by atoms with Gasteiger partial charge in [-0.25, -0.2) is 4.39 Å². The summed E-state index contributed by atoms with van der Waals surface area (Å²) in [5, 5.41) is 9.53. The number of benzene rings is 1. The molecule has 0 saturated heterocycles. The molecule has 0 radical (unpaired) electrons. The van der Waals surface area contributed by atoms with Crippen LogP contribution in [-0.2, 0) is 10.2 Å². The molecule has 1 fully saturated rings. The molecule has 0 bridgehead atoms. The van der Waals surface area contributed by atoms with Crippen LogP contribution in [0.1, 0.15) is 25.3 Å². The minimum absolute atomic E-state index is 0.0839. The molecule has 0 spiro atoms. The summed E-state index contributed by atoms with van der Waals surface area (Å²) < 4.78 is 13.8. The van der Waals surface area contributed by atoms with Crippen LogP contribution in [0.15, 0.2) is 18.2 Å². The molecule has 86 valence electrons. The van der Waals surface area contributed by atoms with Crippen molar-refractivity contribution < 1.29 is 14.3 Å². The predicted molar refractivity (Wildman–Crippen MR) is 59.1 cm³/mol. The van der Waals surface area contributed by atoms with Gasteiger partial charge in [-0.2, -0.15) is 0 Å². The molecule has 0 amide bonds. The lowest BCUT2D eigenvalue weighted by molar-refractivity contribution is -0.151. The number of carboxylic acids is 1. The zero-order valence-corrected chi connectivity index (χ0v) is 9.59. The van der Waals surface area contributed by atoms with Crippen LogP contribution in [0.4, 0.5) is 4.39 Å². The third kappa shape index (κ3) is 1.34. The molecule has 4 heteroatoms. The van der Waals surface area contributed by atoms with Gasteiger partial charge in [0.25, 0.3) is 0 Å². The second kappa shape index (κ2) is 3.74. The second-order valence-corrected chi connectivity index (χ2v) is 4.72. The molecular weight excluding hydrogens is 231 g/mol. The molecule has 2 atom stereocenters. The van der Waals surface area contributed by atoms with Crippen molar-refractivity contribution in [1.82, 2.24) is 0 Å². The fourth-order valence-corrected chi connectivity index (χ4v) is 2.77. The third-order valence-electron chi connectivity index (χ3n) is 3.60. The van der Waals surface area contributed by atoms with E-state index in [2.05, 4.69) is 0 Å². The average molecular weight is 243 g/mol. The molecule has 16 heavy (non-hydrogen) atoms. The normalized spacial score (nSPS) is 28.6. The Bertz CT molecular complexity index is 426. The fourth-order valence-electron chi connectivity index (χ4n) is 2.44. The Hall–Kier alpha value is -1.09. The van der Waals surface area contributed by atoms with Crippen molar-refractivity contribution in [3.8, 4) is 0 Å². The molecule has 1 N–H and O–H groups in total. The molecular formula is C12H12ClFO2. The summed E-state index contributed by atoms with van der Waals surface area (Å²) in [6.07, 6.45) is 1.24. The van der Waals surface area contributed by atoms with Gasteiger partial charge in [0, 0.05) is 10.6 Å². The molecule has 1 aromatic carbocycles. The lowest BCUT2D eigenvalue weighted by Gasteiger charge is -2.45. The molecule has 0 aliphatic heterocycles. The smallest absolute Gasteiger partial charge is 0.314 e. The molecule has 2 rings (SSSR count). The van der Waals surface area contributed by atoms with Crippen molar-refractivity contribution in [2.75, 3.05) is 0 Å². The Labute approximate surface area is 98.0 Å². The number of aliphatic carboxylic acids is 1. The highest BCUT2D eigenvalue weighted by atomic mass is 35.5. The second-order valence-electron chi connectivity index (χ2n) is 4.31. The van der Waals surface area contributed by atoms with E-state index < -0.39 is 17.2 Å². The van der Waals surface area contributed by atoms with Crippen molar-refractivity contribution in [2.24, 2.45) is 5.92 Å². The van der Waals surface area contributed by atoms with Crippen molar-refractivity contribution in [3.05, 3.63) is 34.6 Å². The summed E-state index contributed by atoms with van der Waals surface area (Å²) in [5.74, 6) is -1.60. The summed E-state index contributed by atoms with van der Waals surface area (Å²) in [4.78, 5) is 11.4. The minimum Gasteiger partial charge on any atom is -0.481 e. The lowest BCUT2D eigenvalue weighted by Crippen LogP contribution is -2.50. The number of hydrogen-bond donors (Lipinski definition) is 1. The van der Waals surface area contributed by atoms with Gasteiger partial charge in [-0.05, 0) is 30.9 Å². The van der Waals surface area contributed by atoms with Gasteiger partial charge in [0.1, 0.15) is 5.82 Å². The van der Waals surface area contributed by atoms with Crippen LogP contribution in [0.25, 0.3) is 0 Å². The number of carbonyl (C=O) groups is 1. The van der Waals surface area contributed by atoms with E-state index in [-0.39, 0.29) is 16.5 Å². The minimum atomic E-state index is -1.14. The Balaban J connectivity index is 2.61. The van der Waals surface area contributed by atoms with Crippen molar-refractivity contribution in [2.45, 2.75) is 25.2 Å². The van der Waals surface area contributed by atoms with Gasteiger partial charge in [0.15, 0.2) is 0 Å². The zero-order valence-electron chi connectivity index (χ0n) is 8.84. The number of rotatable bonds is 2. The monoisotopic (exact) mass is 242 g/mol. The standard InChI is InChI=1S/C12H12ClFO2/c1-7-5-6-12(7,11(15)16)10-8(13)3-2-4-9(10)14/h2-4,7H,5-6H2,1H3,(H,15,16). The van der Waals surface area contributed by atoms with E-state index in [0.29, 0.717) is 6.42 Å². The highest BCUT2D eigenvalue weighted by Gasteiger charge is 2.54. The highest BCUT2D eigenvalue weighted by Crippen LogP contribution is 2.51. The molecule has 2 nitrogen and oxygen atoms in total. The number of hydrogen-bond acceptors (Lipinski definition) is 1. The zero-order chi connectivity index (χ0) is 11.9. The molecule has 1 saturated carbocycles. The van der Waals surface area contributed by atoms with Gasteiger partial charge in [-0.1, -0.05) is 24.6 Å². The quantitative estimate of drug-likeness (QED) is 0.865. The van der Waals surface area contributed by atoms with Gasteiger partial charge in [0.05, 0.1) is 5.41 Å². The first kappa shape index (κ1) is 11.4. The molecule has 1 aliphatic rings. The van der Waals surface area contributed by atoms with Gasteiger partial charge in [0.2, 0.25) is 0 Å². The molecule has 0 heterocycles. The first-order valence-electron chi connectivity index (χ1n) is 5.18. The van der Waals surface area contributed by atoms with Crippen LogP contribution in [-0.4, -0.2) is 11.1 Å². The Morgan fingerprint density at radius 3 is 2.69 bits per heavy atom. The fraction of sp³-hybridized carbons (Fsp3) is 0.417. The summed E-state index contributed by atoms with van der Waals surface area (Å²) >= 11 is 5.93. The molecule has 0 aromatic heterocycles. The predicted octanol–water partition coefficient (Wildman–Crippen LogP) is 3.23. The summed E-state index contributed by atoms with van der Waals surface area (Å²) in [5.41, 5.74) is -0.995. The summed E-state index contributed by atoms with van der Waals surface area (Å²) in [6.45, 7) is 1.82. The van der Waals surface area contributed by atoms with Crippen molar-refractivity contribution >= 4 is 17.6 Å². The van der Waals surface area contributed by atoms with Crippen LogP contribution in [0.2, 0.25) is 5.02 Å².